The van der Waals surface area contributed by atoms with Crippen LogP contribution >= 0.6 is 0 Å². The number of methoxy groups -OCH3 is 1. The summed E-state index contributed by atoms with van der Waals surface area (Å²) in [6.07, 6.45) is -3.92. The summed E-state index contributed by atoms with van der Waals surface area (Å²) in [4.78, 5) is 15.9. The van der Waals surface area contributed by atoms with Gasteiger partial charge in [0.1, 0.15) is 7.28 Å². The van der Waals surface area contributed by atoms with Crippen LogP contribution in [0.2, 0.25) is 5.82 Å². The lowest BCUT2D eigenvalue weighted by atomic mass is 9.54. The van der Waals surface area contributed by atoms with Gasteiger partial charge in [-0.05, 0) is 17.7 Å². The van der Waals surface area contributed by atoms with Crippen LogP contribution in [0.1, 0.15) is 31.6 Å². The van der Waals surface area contributed by atoms with Gasteiger partial charge in [0.05, 0.1) is 13.0 Å². The van der Waals surface area contributed by atoms with E-state index in [-0.39, 0.29) is 17.3 Å². The van der Waals surface area contributed by atoms with Crippen molar-refractivity contribution in [1.82, 2.24) is 4.90 Å². The van der Waals surface area contributed by atoms with Crippen molar-refractivity contribution in [3.63, 3.8) is 0 Å². The number of halogens is 3. The van der Waals surface area contributed by atoms with E-state index in [2.05, 4.69) is 4.90 Å². The van der Waals surface area contributed by atoms with Gasteiger partial charge in [-0.1, -0.05) is 31.8 Å². The van der Waals surface area contributed by atoms with E-state index < -0.39 is 12.0 Å². The molecule has 1 radical (unpaired) electrons. The fourth-order valence-electron chi connectivity index (χ4n) is 3.25. The SMILES string of the molecule is COCCC(=O)N1CCN(c2ccc(C([B]C(C)C)C(F)(F)F)cc2)CC1. The third-order valence-corrected chi connectivity index (χ3v) is 4.70. The Balaban J connectivity index is 1.98. The predicted molar refractivity (Wildman–Crippen MR) is 101 cm³/mol. The maximum Gasteiger partial charge on any atom is 0.388 e. The molecule has 1 amide bonds. The van der Waals surface area contributed by atoms with E-state index in [0.29, 0.717) is 39.2 Å². The van der Waals surface area contributed by atoms with E-state index in [1.165, 1.54) is 7.28 Å². The molecule has 2 rings (SSSR count). The van der Waals surface area contributed by atoms with E-state index >= 15 is 0 Å². The van der Waals surface area contributed by atoms with Crippen LogP contribution in [0.5, 0.6) is 0 Å². The minimum atomic E-state index is -4.29. The topological polar surface area (TPSA) is 32.8 Å². The van der Waals surface area contributed by atoms with Gasteiger partial charge in [0, 0.05) is 44.8 Å². The van der Waals surface area contributed by atoms with E-state index in [1.807, 2.05) is 0 Å². The molecule has 149 valence electrons. The summed E-state index contributed by atoms with van der Waals surface area (Å²) in [5.41, 5.74) is 1.14. The second kappa shape index (κ2) is 9.49. The molecule has 0 saturated carbocycles. The highest BCUT2D eigenvalue weighted by atomic mass is 19.4. The first-order valence-corrected chi connectivity index (χ1v) is 9.25. The lowest BCUT2D eigenvalue weighted by molar-refractivity contribution is -0.133. The number of alkyl halides is 3. The Hall–Kier alpha value is -1.70. The van der Waals surface area contributed by atoms with E-state index in [4.69, 9.17) is 4.74 Å². The minimum Gasteiger partial charge on any atom is -0.384 e. The molecule has 1 saturated heterocycles. The smallest absolute Gasteiger partial charge is 0.384 e. The van der Waals surface area contributed by atoms with Crippen LogP contribution in [0, 0.1) is 0 Å². The first-order chi connectivity index (χ1) is 12.7. The van der Waals surface area contributed by atoms with Gasteiger partial charge >= 0.3 is 6.18 Å². The van der Waals surface area contributed by atoms with E-state index in [9.17, 15) is 18.0 Å². The molecule has 1 heterocycles. The molecule has 4 nitrogen and oxygen atoms in total. The standard InChI is InChI=1S/C19H27BF3N2O2/c1-14(2)20-18(19(21,22)23)15-4-6-16(7-5-15)24-9-11-25(12-10-24)17(26)8-13-27-3/h4-7,14,18H,8-13H2,1-3H3. The number of anilines is 1. The number of carbonyl (C=O) groups is 1. The number of ether oxygens (including phenoxy) is 1. The van der Waals surface area contributed by atoms with Crippen LogP contribution < -0.4 is 4.90 Å². The first-order valence-electron chi connectivity index (χ1n) is 9.25. The normalized spacial score (nSPS) is 16.6. The second-order valence-corrected chi connectivity index (χ2v) is 7.16. The molecule has 0 bridgehead atoms. The Bertz CT molecular complexity index is 600. The molecule has 0 aromatic heterocycles. The average molecular weight is 383 g/mol. The molecule has 0 N–H and O–H groups in total. The summed E-state index contributed by atoms with van der Waals surface area (Å²) < 4.78 is 45.0. The Morgan fingerprint density at radius 3 is 2.22 bits per heavy atom. The molecule has 1 unspecified atom stereocenters. The molecule has 1 aliphatic heterocycles. The van der Waals surface area contributed by atoms with Crippen LogP contribution in [0.3, 0.4) is 0 Å². The van der Waals surface area contributed by atoms with Crippen molar-refractivity contribution in [3.8, 4) is 0 Å². The number of nitrogens with zero attached hydrogens (tertiary/aromatic N) is 2. The fraction of sp³-hybridized carbons (Fsp3) is 0.632. The highest BCUT2D eigenvalue weighted by Crippen LogP contribution is 2.36. The van der Waals surface area contributed by atoms with Crippen molar-refractivity contribution in [2.45, 2.75) is 38.1 Å². The maximum absolute atomic E-state index is 13.3. The lowest BCUT2D eigenvalue weighted by Gasteiger charge is -2.36. The number of carbonyl (C=O) groups excluding carboxylic acids is 1. The number of hydrogen-bond acceptors (Lipinski definition) is 3. The summed E-state index contributed by atoms with van der Waals surface area (Å²) >= 11 is 0. The molecule has 8 heteroatoms. The van der Waals surface area contributed by atoms with Crippen molar-refractivity contribution in [2.75, 3.05) is 44.8 Å². The highest BCUT2D eigenvalue weighted by molar-refractivity contribution is 6.40. The van der Waals surface area contributed by atoms with Crippen molar-refractivity contribution in [1.29, 1.82) is 0 Å². The van der Waals surface area contributed by atoms with Crippen molar-refractivity contribution in [3.05, 3.63) is 29.8 Å². The molecule has 1 aromatic carbocycles. The summed E-state index contributed by atoms with van der Waals surface area (Å²) in [5.74, 6) is -1.63. The predicted octanol–water partition coefficient (Wildman–Crippen LogP) is 3.51. The minimum absolute atomic E-state index is 0.0732. The van der Waals surface area contributed by atoms with Gasteiger partial charge in [-0.25, -0.2) is 0 Å². The summed E-state index contributed by atoms with van der Waals surface area (Å²) in [5, 5.41) is 0. The molecule has 0 aliphatic carbocycles. The third kappa shape index (κ3) is 6.16. The van der Waals surface area contributed by atoms with Crippen molar-refractivity contribution >= 4 is 18.9 Å². The van der Waals surface area contributed by atoms with Crippen LogP contribution in [0.15, 0.2) is 24.3 Å². The molecule has 1 aliphatic rings. The van der Waals surface area contributed by atoms with Crippen LogP contribution in [-0.4, -0.2) is 64.2 Å². The van der Waals surface area contributed by atoms with Gasteiger partial charge in [0.15, 0.2) is 0 Å². The van der Waals surface area contributed by atoms with Gasteiger partial charge < -0.3 is 14.5 Å². The Labute approximate surface area is 159 Å². The van der Waals surface area contributed by atoms with Crippen molar-refractivity contribution < 1.29 is 22.7 Å². The summed E-state index contributed by atoms with van der Waals surface area (Å²) in [7, 11) is 2.90. The zero-order chi connectivity index (χ0) is 20.0. The van der Waals surface area contributed by atoms with Crippen molar-refractivity contribution in [2.24, 2.45) is 0 Å². The quantitative estimate of drug-likeness (QED) is 0.676. The first kappa shape index (κ1) is 21.6. The van der Waals surface area contributed by atoms with E-state index in [1.54, 1.807) is 50.1 Å². The summed E-state index contributed by atoms with van der Waals surface area (Å²) in [6, 6.07) is 6.60. The molecular formula is C19H27BF3N2O2. The van der Waals surface area contributed by atoms with Gasteiger partial charge in [-0.15, -0.1) is 0 Å². The molecule has 1 aromatic rings. The summed E-state index contributed by atoms with van der Waals surface area (Å²) in [6.45, 7) is 6.46. The maximum atomic E-state index is 13.3. The monoisotopic (exact) mass is 383 g/mol. The lowest BCUT2D eigenvalue weighted by Crippen LogP contribution is -2.49. The number of piperazine rings is 1. The zero-order valence-electron chi connectivity index (χ0n) is 16.1. The molecule has 0 spiro atoms. The number of amides is 1. The Kier molecular flexibility index (Phi) is 7.59. The van der Waals surface area contributed by atoms with Crippen LogP contribution in [0.25, 0.3) is 0 Å². The average Bonchev–Trinajstić information content (AvgIpc) is 2.63. The zero-order valence-corrected chi connectivity index (χ0v) is 16.1. The van der Waals surface area contributed by atoms with Crippen LogP contribution in [0.4, 0.5) is 18.9 Å². The fourth-order valence-corrected chi connectivity index (χ4v) is 3.25. The number of hydrogen-bond donors (Lipinski definition) is 0. The molecule has 1 fully saturated rings. The molecule has 27 heavy (non-hydrogen) atoms. The second-order valence-electron chi connectivity index (χ2n) is 7.16. The van der Waals surface area contributed by atoms with Gasteiger partial charge in [-0.2, -0.15) is 13.2 Å². The largest absolute Gasteiger partial charge is 0.388 e. The van der Waals surface area contributed by atoms with E-state index in [0.717, 1.165) is 5.69 Å². The highest BCUT2D eigenvalue weighted by Gasteiger charge is 2.41. The molecular weight excluding hydrogens is 356 g/mol. The van der Waals surface area contributed by atoms with Crippen LogP contribution in [-0.2, 0) is 9.53 Å². The number of rotatable bonds is 7. The van der Waals surface area contributed by atoms with Gasteiger partial charge in [0.25, 0.3) is 0 Å². The molecule has 1 atom stereocenters. The Morgan fingerprint density at radius 1 is 1.15 bits per heavy atom. The van der Waals surface area contributed by atoms with Gasteiger partial charge in [0.2, 0.25) is 5.91 Å². The Morgan fingerprint density at radius 2 is 1.74 bits per heavy atom. The third-order valence-electron chi connectivity index (χ3n) is 4.70. The van der Waals surface area contributed by atoms with Gasteiger partial charge in [-0.3, -0.25) is 4.79 Å². The number of benzene rings is 1.